The summed E-state index contributed by atoms with van der Waals surface area (Å²) in [5.74, 6) is 0.367. The van der Waals surface area contributed by atoms with Gasteiger partial charge in [0.1, 0.15) is 5.75 Å². The fraction of sp³-hybridized carbons (Fsp3) is 0.278. The van der Waals surface area contributed by atoms with Crippen molar-refractivity contribution in [2.24, 2.45) is 0 Å². The maximum atomic E-state index is 12.5. The molecule has 124 valence electrons. The summed E-state index contributed by atoms with van der Waals surface area (Å²) in [5.41, 5.74) is 1.57. The van der Waals surface area contributed by atoms with Gasteiger partial charge in [0.05, 0.1) is 25.8 Å². The zero-order valence-corrected chi connectivity index (χ0v) is 13.5. The van der Waals surface area contributed by atoms with E-state index in [0.29, 0.717) is 11.4 Å². The smallest absolute Gasteiger partial charge is 0.292 e. The highest BCUT2D eigenvalue weighted by atomic mass is 16.5. The molecule has 1 atom stereocenters. The van der Waals surface area contributed by atoms with Crippen LogP contribution in [0.5, 0.6) is 5.75 Å². The highest BCUT2D eigenvalue weighted by molar-refractivity contribution is 6.21. The van der Waals surface area contributed by atoms with E-state index >= 15 is 0 Å². The molecular weight excluding hydrogens is 306 g/mol. The molecule has 0 aliphatic carbocycles. The Balaban J connectivity index is 1.61. The van der Waals surface area contributed by atoms with E-state index in [1.807, 2.05) is 23.5 Å². The van der Waals surface area contributed by atoms with Crippen LogP contribution in [0.3, 0.4) is 0 Å². The highest BCUT2D eigenvalue weighted by Crippen LogP contribution is 2.24. The molecule has 0 spiro atoms. The van der Waals surface area contributed by atoms with Crippen LogP contribution in [-0.2, 0) is 16.0 Å². The monoisotopic (exact) mass is 326 g/mol. The number of anilines is 1. The summed E-state index contributed by atoms with van der Waals surface area (Å²) in [5, 5.41) is 1.93. The van der Waals surface area contributed by atoms with Crippen LogP contribution in [0.1, 0.15) is 12.1 Å². The number of carbonyl (C=O) groups is 2. The summed E-state index contributed by atoms with van der Waals surface area (Å²) >= 11 is 0. The van der Waals surface area contributed by atoms with Crippen LogP contribution in [0.4, 0.5) is 5.69 Å². The van der Waals surface area contributed by atoms with E-state index in [2.05, 4.69) is 4.98 Å². The molecule has 0 bridgehead atoms. The number of hydrogen-bond acceptors (Lipinski definition) is 4. The van der Waals surface area contributed by atoms with Crippen LogP contribution in [0.15, 0.2) is 48.7 Å². The Morgan fingerprint density at radius 3 is 2.67 bits per heavy atom. The number of methoxy groups -OCH3 is 1. The quantitative estimate of drug-likeness (QED) is 0.786. The molecule has 1 fully saturated rings. The first-order valence-electron chi connectivity index (χ1n) is 7.93. The molecule has 2 amide bonds. The van der Waals surface area contributed by atoms with E-state index in [0.717, 1.165) is 18.7 Å². The number of benzene rings is 1. The van der Waals surface area contributed by atoms with Gasteiger partial charge in [0.15, 0.2) is 6.04 Å². The second-order valence-corrected chi connectivity index (χ2v) is 5.67. The van der Waals surface area contributed by atoms with Gasteiger partial charge in [-0.2, -0.15) is 0 Å². The maximum absolute atomic E-state index is 12.5. The van der Waals surface area contributed by atoms with Crippen LogP contribution in [0, 0.1) is 0 Å². The Morgan fingerprint density at radius 2 is 2.00 bits per heavy atom. The summed E-state index contributed by atoms with van der Waals surface area (Å²) in [4.78, 5) is 30.3. The number of rotatable bonds is 6. The number of carbonyl (C=O) groups excluding carboxylic acids is 2. The second kappa shape index (κ2) is 7.23. The van der Waals surface area contributed by atoms with Crippen LogP contribution >= 0.6 is 0 Å². The third-order valence-electron chi connectivity index (χ3n) is 4.09. The second-order valence-electron chi connectivity index (χ2n) is 5.67. The van der Waals surface area contributed by atoms with Crippen molar-refractivity contribution in [2.45, 2.75) is 18.9 Å². The van der Waals surface area contributed by atoms with E-state index in [4.69, 9.17) is 4.74 Å². The molecular formula is C18H20N3O3+. The van der Waals surface area contributed by atoms with E-state index in [1.165, 1.54) is 4.90 Å². The summed E-state index contributed by atoms with van der Waals surface area (Å²) in [6.45, 7) is 0.719. The first kappa shape index (κ1) is 16.1. The fourth-order valence-electron chi connectivity index (χ4n) is 2.82. The summed E-state index contributed by atoms with van der Waals surface area (Å²) in [6.07, 6.45) is 2.75. The maximum Gasteiger partial charge on any atom is 0.292 e. The van der Waals surface area contributed by atoms with Crippen molar-refractivity contribution in [3.63, 3.8) is 0 Å². The van der Waals surface area contributed by atoms with Gasteiger partial charge >= 0.3 is 0 Å². The normalized spacial score (nSPS) is 17.4. The average Bonchev–Trinajstić information content (AvgIpc) is 2.90. The van der Waals surface area contributed by atoms with Crippen molar-refractivity contribution >= 4 is 17.5 Å². The highest BCUT2D eigenvalue weighted by Gasteiger charge is 2.42. The van der Waals surface area contributed by atoms with Crippen LogP contribution in [0.2, 0.25) is 0 Å². The van der Waals surface area contributed by atoms with E-state index < -0.39 is 0 Å². The number of nitrogens with two attached hydrogens (primary N) is 1. The Hall–Kier alpha value is -2.73. The molecule has 1 aromatic carbocycles. The van der Waals surface area contributed by atoms with Crippen molar-refractivity contribution in [3.05, 3.63) is 54.4 Å². The molecule has 1 saturated heterocycles. The molecule has 1 aromatic heterocycles. The summed E-state index contributed by atoms with van der Waals surface area (Å²) in [6, 6.07) is 12.4. The molecule has 6 heteroatoms. The van der Waals surface area contributed by atoms with Gasteiger partial charge in [-0.15, -0.1) is 0 Å². The first-order valence-corrected chi connectivity index (χ1v) is 7.93. The standard InChI is InChI=1S/C18H19N3O3/c1-24-15-7-5-14(6-8-15)21-17(22)12-16(18(21)23)20-11-9-13-4-2-3-10-19-13/h2-8,10,16,20H,9,11-12H2,1H3/p+1. The molecule has 2 N–H and O–H groups in total. The molecule has 6 nitrogen and oxygen atoms in total. The lowest BCUT2D eigenvalue weighted by molar-refractivity contribution is -0.674. The predicted molar refractivity (Wildman–Crippen MR) is 88.6 cm³/mol. The molecule has 1 aliphatic rings. The minimum Gasteiger partial charge on any atom is -0.497 e. The lowest BCUT2D eigenvalue weighted by atomic mass is 10.2. The van der Waals surface area contributed by atoms with Gasteiger partial charge in [0.2, 0.25) is 5.91 Å². The van der Waals surface area contributed by atoms with Crippen LogP contribution in [-0.4, -0.2) is 36.5 Å². The molecule has 24 heavy (non-hydrogen) atoms. The Morgan fingerprint density at radius 1 is 1.21 bits per heavy atom. The number of pyridine rings is 1. The number of hydrogen-bond donors (Lipinski definition) is 1. The molecule has 0 saturated carbocycles. The zero-order valence-electron chi connectivity index (χ0n) is 13.5. The van der Waals surface area contributed by atoms with Gasteiger partial charge in [-0.05, 0) is 36.4 Å². The number of amides is 2. The largest absolute Gasteiger partial charge is 0.497 e. The molecule has 1 unspecified atom stereocenters. The molecule has 2 aromatic rings. The van der Waals surface area contributed by atoms with Crippen molar-refractivity contribution in [3.8, 4) is 5.75 Å². The van der Waals surface area contributed by atoms with Gasteiger partial charge < -0.3 is 10.1 Å². The predicted octanol–water partition coefficient (Wildman–Crippen LogP) is 0.528. The van der Waals surface area contributed by atoms with Gasteiger partial charge in [-0.1, -0.05) is 6.07 Å². The number of imide groups is 1. The van der Waals surface area contributed by atoms with Crippen LogP contribution < -0.4 is 15.0 Å². The van der Waals surface area contributed by atoms with E-state index in [9.17, 15) is 9.59 Å². The van der Waals surface area contributed by atoms with Crippen LogP contribution in [0.25, 0.3) is 0 Å². The van der Waals surface area contributed by atoms with Gasteiger partial charge in [0.25, 0.3) is 5.91 Å². The SMILES string of the molecule is COc1ccc(N2C(=O)CC([NH2+]CCc3ccccn3)C2=O)cc1. The van der Waals surface area contributed by atoms with Gasteiger partial charge in [-0.25, -0.2) is 4.90 Å². The molecule has 0 radical (unpaired) electrons. The topological polar surface area (TPSA) is 76.1 Å². The van der Waals surface area contributed by atoms with E-state index in [-0.39, 0.29) is 24.3 Å². The Bertz CT molecular complexity index is 716. The molecule has 3 rings (SSSR count). The van der Waals surface area contributed by atoms with Gasteiger partial charge in [0, 0.05) is 18.3 Å². The number of ether oxygens (including phenoxy) is 1. The summed E-state index contributed by atoms with van der Waals surface area (Å²) in [7, 11) is 1.58. The lowest BCUT2D eigenvalue weighted by Crippen LogP contribution is -2.92. The average molecular weight is 326 g/mol. The molecule has 2 heterocycles. The first-order chi connectivity index (χ1) is 11.7. The van der Waals surface area contributed by atoms with E-state index in [1.54, 1.807) is 37.6 Å². The van der Waals surface area contributed by atoms with Crippen molar-refractivity contribution in [1.82, 2.24) is 4.98 Å². The Kier molecular flexibility index (Phi) is 4.86. The van der Waals surface area contributed by atoms with Crippen molar-refractivity contribution in [1.29, 1.82) is 0 Å². The number of quaternary nitrogens is 1. The minimum absolute atomic E-state index is 0.161. The van der Waals surface area contributed by atoms with Gasteiger partial charge in [-0.3, -0.25) is 14.6 Å². The Labute approximate surface area is 140 Å². The van der Waals surface area contributed by atoms with Crippen molar-refractivity contribution < 1.29 is 19.6 Å². The third kappa shape index (κ3) is 3.44. The number of aromatic nitrogens is 1. The van der Waals surface area contributed by atoms with Crippen molar-refractivity contribution in [2.75, 3.05) is 18.6 Å². The zero-order chi connectivity index (χ0) is 16.9. The number of nitrogens with zero attached hydrogens (tertiary/aromatic N) is 2. The minimum atomic E-state index is -0.358. The summed E-state index contributed by atoms with van der Waals surface area (Å²) < 4.78 is 5.10. The lowest BCUT2D eigenvalue weighted by Gasteiger charge is -2.14. The fourth-order valence-corrected chi connectivity index (χ4v) is 2.82. The third-order valence-corrected chi connectivity index (χ3v) is 4.09. The molecule has 1 aliphatic heterocycles.